The first-order valence-electron chi connectivity index (χ1n) is 6.08. The van der Waals surface area contributed by atoms with E-state index in [0.717, 1.165) is 12.1 Å². The van der Waals surface area contributed by atoms with Gasteiger partial charge in [-0.15, -0.1) is 5.06 Å². The van der Waals surface area contributed by atoms with Crippen LogP contribution in [0.5, 0.6) is 0 Å². The number of amides is 2. The van der Waals surface area contributed by atoms with E-state index in [1.54, 1.807) is 0 Å². The highest BCUT2D eigenvalue weighted by molar-refractivity contribution is 6.03. The molecule has 0 unspecified atom stereocenters. The number of carbonyl (C=O) groups is 3. The van der Waals surface area contributed by atoms with Crippen LogP contribution in [0.15, 0.2) is 23.3 Å². The minimum atomic E-state index is -4.94. The first-order chi connectivity index (χ1) is 10.7. The van der Waals surface area contributed by atoms with Crippen LogP contribution in [0, 0.1) is 0 Å². The van der Waals surface area contributed by atoms with E-state index in [1.807, 2.05) is 0 Å². The third kappa shape index (κ3) is 3.40. The van der Waals surface area contributed by atoms with Gasteiger partial charge in [-0.1, -0.05) is 11.2 Å². The topological polar surface area (TPSA) is 112 Å². The molecule has 1 heterocycles. The Morgan fingerprint density at radius 1 is 1.26 bits per heavy atom. The number of halogens is 3. The SMILES string of the molecule is [N-]=[N+]=Nc1ccc(C(=O)ON2C(=O)CCC2=O)c(C(F)(F)F)c1. The predicted octanol–water partition coefficient (Wildman–Crippen LogP) is 2.87. The molecule has 8 nitrogen and oxygen atoms in total. The van der Waals surface area contributed by atoms with Crippen LogP contribution in [0.25, 0.3) is 10.4 Å². The van der Waals surface area contributed by atoms with Crippen LogP contribution < -0.4 is 0 Å². The fraction of sp³-hybridized carbons (Fsp3) is 0.250. The average molecular weight is 328 g/mol. The third-order valence-electron chi connectivity index (χ3n) is 2.87. The molecule has 0 aliphatic carbocycles. The largest absolute Gasteiger partial charge is 0.417 e. The molecule has 1 aromatic rings. The Kier molecular flexibility index (Phi) is 4.23. The minimum absolute atomic E-state index is 0.143. The van der Waals surface area contributed by atoms with Crippen LogP contribution in [0.3, 0.4) is 0 Å². The number of carbonyl (C=O) groups excluding carboxylic acids is 3. The molecule has 0 spiro atoms. The third-order valence-corrected chi connectivity index (χ3v) is 2.87. The van der Waals surface area contributed by atoms with Gasteiger partial charge < -0.3 is 4.84 Å². The number of alkyl halides is 3. The summed E-state index contributed by atoms with van der Waals surface area (Å²) in [6.45, 7) is 0. The Morgan fingerprint density at radius 2 is 1.87 bits per heavy atom. The van der Waals surface area contributed by atoms with Crippen LogP contribution in [-0.2, 0) is 20.6 Å². The lowest BCUT2D eigenvalue weighted by Gasteiger charge is -2.16. The quantitative estimate of drug-likeness (QED) is 0.367. The molecule has 1 aromatic carbocycles. The Hall–Kier alpha value is -3.07. The normalized spacial score (nSPS) is 14.7. The lowest BCUT2D eigenvalue weighted by molar-refractivity contribution is -0.172. The van der Waals surface area contributed by atoms with Crippen molar-refractivity contribution in [1.82, 2.24) is 5.06 Å². The van der Waals surface area contributed by atoms with Gasteiger partial charge in [0.05, 0.1) is 11.1 Å². The van der Waals surface area contributed by atoms with E-state index in [-0.39, 0.29) is 23.6 Å². The van der Waals surface area contributed by atoms with E-state index in [4.69, 9.17) is 5.53 Å². The molecule has 0 aromatic heterocycles. The minimum Gasteiger partial charge on any atom is -0.325 e. The lowest BCUT2D eigenvalue weighted by Crippen LogP contribution is -2.32. The van der Waals surface area contributed by atoms with Gasteiger partial charge in [-0.25, -0.2) is 4.79 Å². The zero-order chi connectivity index (χ0) is 17.2. The van der Waals surface area contributed by atoms with Crippen molar-refractivity contribution < 1.29 is 32.4 Å². The number of benzene rings is 1. The molecule has 1 fully saturated rings. The van der Waals surface area contributed by atoms with Gasteiger partial charge >= 0.3 is 12.1 Å². The number of azide groups is 1. The summed E-state index contributed by atoms with van der Waals surface area (Å²) in [4.78, 5) is 41.3. The van der Waals surface area contributed by atoms with E-state index in [2.05, 4.69) is 14.9 Å². The highest BCUT2D eigenvalue weighted by Gasteiger charge is 2.38. The molecule has 0 atom stereocenters. The van der Waals surface area contributed by atoms with Crippen molar-refractivity contribution in [3.8, 4) is 0 Å². The Bertz CT molecular complexity index is 724. The van der Waals surface area contributed by atoms with Crippen LogP contribution in [-0.4, -0.2) is 22.8 Å². The second-order valence-electron chi connectivity index (χ2n) is 4.38. The van der Waals surface area contributed by atoms with Crippen molar-refractivity contribution in [1.29, 1.82) is 0 Å². The molecule has 11 heteroatoms. The first kappa shape index (κ1) is 16.3. The van der Waals surface area contributed by atoms with Gasteiger partial charge in [0.2, 0.25) is 0 Å². The molecule has 1 aliphatic rings. The summed E-state index contributed by atoms with van der Waals surface area (Å²) in [6.07, 6.45) is -5.31. The molecular formula is C12H7F3N4O4. The maximum absolute atomic E-state index is 13.0. The van der Waals surface area contributed by atoms with Crippen molar-refractivity contribution in [3.63, 3.8) is 0 Å². The monoisotopic (exact) mass is 328 g/mol. The van der Waals surface area contributed by atoms with E-state index in [1.165, 1.54) is 0 Å². The highest BCUT2D eigenvalue weighted by atomic mass is 19.4. The summed E-state index contributed by atoms with van der Waals surface area (Å²) in [5.41, 5.74) is 5.56. The average Bonchev–Trinajstić information content (AvgIpc) is 2.78. The van der Waals surface area contributed by atoms with Crippen LogP contribution >= 0.6 is 0 Å². The summed E-state index contributed by atoms with van der Waals surface area (Å²) in [6, 6.07) is 2.17. The fourth-order valence-corrected chi connectivity index (χ4v) is 1.85. The van der Waals surface area contributed by atoms with E-state index in [0.29, 0.717) is 6.07 Å². The van der Waals surface area contributed by atoms with Crippen molar-refractivity contribution in [2.24, 2.45) is 5.11 Å². The van der Waals surface area contributed by atoms with Gasteiger partial charge in [-0.3, -0.25) is 9.59 Å². The number of rotatable bonds is 3. The highest BCUT2D eigenvalue weighted by Crippen LogP contribution is 2.35. The molecule has 1 aliphatic heterocycles. The number of hydrogen-bond acceptors (Lipinski definition) is 5. The number of nitrogens with zero attached hydrogens (tertiary/aromatic N) is 4. The zero-order valence-electron chi connectivity index (χ0n) is 11.2. The van der Waals surface area contributed by atoms with Gasteiger partial charge in [0.15, 0.2) is 0 Å². The molecule has 0 saturated carbocycles. The summed E-state index contributed by atoms with van der Waals surface area (Å²) in [7, 11) is 0. The molecule has 0 N–H and O–H groups in total. The number of hydroxylamine groups is 2. The van der Waals surface area contributed by atoms with Gasteiger partial charge in [0.25, 0.3) is 11.8 Å². The van der Waals surface area contributed by atoms with Crippen LogP contribution in [0.1, 0.15) is 28.8 Å². The van der Waals surface area contributed by atoms with Crippen molar-refractivity contribution in [2.75, 3.05) is 0 Å². The summed E-state index contributed by atoms with van der Waals surface area (Å²) >= 11 is 0. The lowest BCUT2D eigenvalue weighted by atomic mass is 10.1. The molecular weight excluding hydrogens is 321 g/mol. The molecule has 2 rings (SSSR count). The van der Waals surface area contributed by atoms with Gasteiger partial charge in [-0.2, -0.15) is 13.2 Å². The summed E-state index contributed by atoms with van der Waals surface area (Å²) < 4.78 is 39.0. The van der Waals surface area contributed by atoms with Crippen molar-refractivity contribution in [3.05, 3.63) is 39.8 Å². The van der Waals surface area contributed by atoms with Crippen molar-refractivity contribution >= 4 is 23.5 Å². The van der Waals surface area contributed by atoms with Gasteiger partial charge in [-0.05, 0) is 17.7 Å². The molecule has 0 bridgehead atoms. The van der Waals surface area contributed by atoms with E-state index < -0.39 is 35.1 Å². The number of imide groups is 1. The van der Waals surface area contributed by atoms with Crippen LogP contribution in [0.4, 0.5) is 18.9 Å². The van der Waals surface area contributed by atoms with Gasteiger partial charge in [0.1, 0.15) is 0 Å². The van der Waals surface area contributed by atoms with E-state index >= 15 is 0 Å². The second kappa shape index (κ2) is 5.97. The standard InChI is InChI=1S/C12H7F3N4O4/c13-12(14,15)8-5-6(17-18-16)1-2-7(8)11(22)23-19-9(20)3-4-10(19)21/h1-2,5H,3-4H2. The predicted molar refractivity (Wildman–Crippen MR) is 66.8 cm³/mol. The summed E-state index contributed by atoms with van der Waals surface area (Å²) in [5, 5.41) is 3.16. The Labute approximate surface area is 126 Å². The van der Waals surface area contributed by atoms with Gasteiger partial charge in [0, 0.05) is 23.4 Å². The molecule has 2 amide bonds. The maximum Gasteiger partial charge on any atom is 0.417 e. The first-order valence-corrected chi connectivity index (χ1v) is 6.08. The maximum atomic E-state index is 13.0. The number of hydrogen-bond donors (Lipinski definition) is 0. The molecule has 23 heavy (non-hydrogen) atoms. The Morgan fingerprint density at radius 3 is 2.39 bits per heavy atom. The fourth-order valence-electron chi connectivity index (χ4n) is 1.85. The van der Waals surface area contributed by atoms with E-state index in [9.17, 15) is 27.6 Å². The molecule has 1 saturated heterocycles. The second-order valence-corrected chi connectivity index (χ2v) is 4.38. The zero-order valence-corrected chi connectivity index (χ0v) is 11.2. The molecule has 120 valence electrons. The summed E-state index contributed by atoms with van der Waals surface area (Å²) in [5.74, 6) is -3.15. The molecule has 0 radical (unpaired) electrons. The Balaban J connectivity index is 2.38. The van der Waals surface area contributed by atoms with Crippen LogP contribution in [0.2, 0.25) is 0 Å². The van der Waals surface area contributed by atoms with Crippen molar-refractivity contribution in [2.45, 2.75) is 19.0 Å². The smallest absolute Gasteiger partial charge is 0.325 e.